The van der Waals surface area contributed by atoms with Gasteiger partial charge in [0.1, 0.15) is 5.60 Å². The molecule has 5 aliphatic rings. The number of fused-ring (bicyclic) bond motifs is 6. The summed E-state index contributed by atoms with van der Waals surface area (Å²) in [6.07, 6.45) is 9.64. The molecule has 3 unspecified atom stereocenters. The van der Waals surface area contributed by atoms with Crippen molar-refractivity contribution in [2.24, 2.45) is 33.8 Å². The van der Waals surface area contributed by atoms with Gasteiger partial charge in [-0.2, -0.15) is 4.91 Å². The number of aliphatic hydroxyl groups excluding tert-OH is 1. The molecule has 1 N–H and O–H groups in total. The van der Waals surface area contributed by atoms with E-state index < -0.39 is 6.10 Å². The Morgan fingerprint density at radius 2 is 1.96 bits per heavy atom. The molecule has 0 radical (unpaired) electrons. The van der Waals surface area contributed by atoms with E-state index in [9.17, 15) is 10.0 Å². The molecule has 1 spiro atoms. The van der Waals surface area contributed by atoms with Crippen molar-refractivity contribution < 1.29 is 9.84 Å². The van der Waals surface area contributed by atoms with E-state index in [2.05, 4.69) is 32.0 Å². The number of allylic oxidation sites excluding steroid dienone is 1. The summed E-state index contributed by atoms with van der Waals surface area (Å²) in [5.41, 5.74) is 1.61. The summed E-state index contributed by atoms with van der Waals surface area (Å²) in [5.74, 6) is 1.90. The highest BCUT2D eigenvalue weighted by atomic mass is 16.6. The van der Waals surface area contributed by atoms with Crippen LogP contribution in [0.3, 0.4) is 0 Å². The van der Waals surface area contributed by atoms with Crippen molar-refractivity contribution in [2.75, 3.05) is 0 Å². The number of hydrogen-bond donors (Lipinski definition) is 1. The molecular weight excluding hydrogens is 314 g/mol. The standard InChI is InChI=1S/C21H31NO3/c1-12-21(25-12)9-7-16-15-5-4-13-10-14(22-24)11-18(23)20(13,3)17(15)6-8-19(16,21)2/h4,12,14-18,23H,5-11H2,1-3H3/t12-,14+,15?,16?,17?,18-,19-,20-,21-/m0/s1. The number of aliphatic hydroxyl groups is 1. The van der Waals surface area contributed by atoms with Gasteiger partial charge in [0.15, 0.2) is 0 Å². The molecule has 4 heteroatoms. The Morgan fingerprint density at radius 1 is 1.24 bits per heavy atom. The van der Waals surface area contributed by atoms with E-state index in [1.54, 1.807) is 0 Å². The van der Waals surface area contributed by atoms with Crippen LogP contribution in [-0.4, -0.2) is 29.0 Å². The predicted octanol–water partition coefficient (Wildman–Crippen LogP) is 4.21. The minimum Gasteiger partial charge on any atom is -0.392 e. The quantitative estimate of drug-likeness (QED) is 0.440. The Bertz CT molecular complexity index is 647. The first-order valence-corrected chi connectivity index (χ1v) is 10.2. The zero-order valence-corrected chi connectivity index (χ0v) is 15.7. The second-order valence-electron chi connectivity index (χ2n) is 9.98. The second-order valence-corrected chi connectivity index (χ2v) is 9.98. The Balaban J connectivity index is 1.50. The zero-order chi connectivity index (χ0) is 17.6. The largest absolute Gasteiger partial charge is 0.392 e. The third-order valence-electron chi connectivity index (χ3n) is 9.50. The number of epoxide rings is 1. The maximum absolute atomic E-state index is 11.1. The lowest BCUT2D eigenvalue weighted by molar-refractivity contribution is -0.0939. The van der Waals surface area contributed by atoms with Gasteiger partial charge in [-0.05, 0) is 63.2 Å². The van der Waals surface area contributed by atoms with Crippen LogP contribution in [-0.2, 0) is 4.74 Å². The molecule has 0 aromatic heterocycles. The fourth-order valence-corrected chi connectivity index (χ4v) is 7.96. The summed E-state index contributed by atoms with van der Waals surface area (Å²) in [5, 5.41) is 14.3. The van der Waals surface area contributed by atoms with Crippen LogP contribution in [0.5, 0.6) is 0 Å². The Hall–Kier alpha value is -0.740. The molecule has 5 rings (SSSR count). The summed E-state index contributed by atoms with van der Waals surface area (Å²) >= 11 is 0. The van der Waals surface area contributed by atoms with Crippen LogP contribution in [0.1, 0.15) is 65.7 Å². The van der Waals surface area contributed by atoms with Crippen molar-refractivity contribution >= 4 is 0 Å². The SMILES string of the molecule is C[C@@H]1O[C@@]12CCC1C3CC=C4C[C@@H](N=O)C[C@H](O)[C@]4(C)C3CC[C@@]12C. The third-order valence-corrected chi connectivity index (χ3v) is 9.50. The number of hydrogen-bond acceptors (Lipinski definition) is 4. The number of nitroso groups, excluding NO2 is 1. The zero-order valence-electron chi connectivity index (χ0n) is 15.7. The number of ether oxygens (including phenoxy) is 1. The Morgan fingerprint density at radius 3 is 2.64 bits per heavy atom. The normalized spacial score (nSPS) is 59.6. The van der Waals surface area contributed by atoms with Crippen molar-refractivity contribution in [2.45, 2.75) is 89.6 Å². The van der Waals surface area contributed by atoms with Gasteiger partial charge >= 0.3 is 0 Å². The van der Waals surface area contributed by atoms with Crippen LogP contribution in [0.15, 0.2) is 16.8 Å². The summed E-state index contributed by atoms with van der Waals surface area (Å²) in [4.78, 5) is 11.1. The molecule has 0 bridgehead atoms. The van der Waals surface area contributed by atoms with E-state index in [4.69, 9.17) is 4.74 Å². The first-order chi connectivity index (χ1) is 11.9. The Kier molecular flexibility index (Phi) is 3.25. The van der Waals surface area contributed by atoms with E-state index in [-0.39, 0.29) is 17.1 Å². The van der Waals surface area contributed by atoms with Crippen LogP contribution in [0.25, 0.3) is 0 Å². The minimum absolute atomic E-state index is 0.144. The van der Waals surface area contributed by atoms with Crippen LogP contribution < -0.4 is 0 Å². The van der Waals surface area contributed by atoms with Gasteiger partial charge in [0, 0.05) is 17.3 Å². The average molecular weight is 345 g/mol. The van der Waals surface area contributed by atoms with Gasteiger partial charge in [-0.1, -0.05) is 30.7 Å². The molecule has 0 aromatic carbocycles. The molecule has 0 amide bonds. The van der Waals surface area contributed by atoms with E-state index in [1.165, 1.54) is 31.3 Å². The van der Waals surface area contributed by atoms with Crippen LogP contribution in [0.4, 0.5) is 0 Å². The molecule has 9 atom stereocenters. The minimum atomic E-state index is -0.432. The fraction of sp³-hybridized carbons (Fsp3) is 0.905. The van der Waals surface area contributed by atoms with Gasteiger partial charge in [0.05, 0.1) is 18.2 Å². The van der Waals surface area contributed by atoms with E-state index >= 15 is 0 Å². The monoisotopic (exact) mass is 345 g/mol. The van der Waals surface area contributed by atoms with Crippen molar-refractivity contribution in [3.05, 3.63) is 16.6 Å². The summed E-state index contributed by atoms with van der Waals surface area (Å²) in [6, 6.07) is -0.241. The first kappa shape index (κ1) is 16.4. The lowest BCUT2D eigenvalue weighted by Crippen LogP contribution is -2.56. The molecule has 1 aliphatic heterocycles. The average Bonchev–Trinajstić information content (AvgIpc) is 3.16. The summed E-state index contributed by atoms with van der Waals surface area (Å²) in [7, 11) is 0. The predicted molar refractivity (Wildman–Crippen MR) is 96.0 cm³/mol. The molecule has 138 valence electrons. The van der Waals surface area contributed by atoms with Gasteiger partial charge in [0.2, 0.25) is 0 Å². The van der Waals surface area contributed by atoms with Gasteiger partial charge in [0.25, 0.3) is 0 Å². The maximum Gasteiger partial charge on any atom is 0.100 e. The molecule has 4 nitrogen and oxygen atoms in total. The van der Waals surface area contributed by atoms with Gasteiger partial charge in [-0.3, -0.25) is 0 Å². The lowest BCUT2D eigenvalue weighted by atomic mass is 9.46. The molecule has 4 fully saturated rings. The first-order valence-electron chi connectivity index (χ1n) is 10.2. The van der Waals surface area contributed by atoms with E-state index in [0.717, 1.165) is 12.8 Å². The molecule has 3 saturated carbocycles. The summed E-state index contributed by atoms with van der Waals surface area (Å²) in [6.45, 7) is 7.00. The maximum atomic E-state index is 11.1. The van der Waals surface area contributed by atoms with Crippen molar-refractivity contribution in [3.8, 4) is 0 Å². The van der Waals surface area contributed by atoms with Crippen molar-refractivity contribution in [1.29, 1.82) is 0 Å². The highest BCUT2D eigenvalue weighted by Gasteiger charge is 2.73. The smallest absolute Gasteiger partial charge is 0.100 e. The topological polar surface area (TPSA) is 62.2 Å². The molecule has 25 heavy (non-hydrogen) atoms. The van der Waals surface area contributed by atoms with E-state index in [1.807, 2.05) is 0 Å². The van der Waals surface area contributed by atoms with Gasteiger partial charge in [-0.25, -0.2) is 0 Å². The molecule has 1 heterocycles. The number of rotatable bonds is 1. The van der Waals surface area contributed by atoms with Crippen LogP contribution in [0, 0.1) is 33.5 Å². The highest BCUT2D eigenvalue weighted by molar-refractivity contribution is 5.30. The molecular formula is C21H31NO3. The van der Waals surface area contributed by atoms with Crippen LogP contribution in [0.2, 0.25) is 0 Å². The molecule has 0 aromatic rings. The third kappa shape index (κ3) is 1.81. The van der Waals surface area contributed by atoms with E-state index in [0.29, 0.717) is 35.7 Å². The van der Waals surface area contributed by atoms with Gasteiger partial charge in [-0.15, -0.1) is 0 Å². The van der Waals surface area contributed by atoms with Crippen LogP contribution >= 0.6 is 0 Å². The van der Waals surface area contributed by atoms with Crippen molar-refractivity contribution in [3.63, 3.8) is 0 Å². The second kappa shape index (κ2) is 4.95. The highest BCUT2D eigenvalue weighted by Crippen LogP contribution is 2.72. The Labute approximate surface area is 150 Å². The van der Waals surface area contributed by atoms with Crippen molar-refractivity contribution in [1.82, 2.24) is 0 Å². The fourth-order valence-electron chi connectivity index (χ4n) is 7.96. The molecule has 4 aliphatic carbocycles. The summed E-state index contributed by atoms with van der Waals surface area (Å²) < 4.78 is 6.19. The number of nitrogens with zero attached hydrogens (tertiary/aromatic N) is 1. The van der Waals surface area contributed by atoms with Gasteiger partial charge < -0.3 is 9.84 Å². The molecule has 1 saturated heterocycles. The lowest BCUT2D eigenvalue weighted by Gasteiger charge is -2.59.